The van der Waals surface area contributed by atoms with Crippen molar-refractivity contribution in [3.8, 4) is 22.5 Å². The molecule has 292 valence electrons. The maximum Gasteiger partial charge on any atom is 0.416 e. The van der Waals surface area contributed by atoms with E-state index >= 15 is 0 Å². The molecule has 2 saturated heterocycles. The molecule has 6 rings (SSSR count). The Bertz CT molecular complexity index is 1980. The molecule has 54 heavy (non-hydrogen) atoms. The van der Waals surface area contributed by atoms with Crippen molar-refractivity contribution >= 4 is 36.7 Å². The van der Waals surface area contributed by atoms with E-state index in [2.05, 4.69) is 5.32 Å². The zero-order valence-electron chi connectivity index (χ0n) is 28.4. The highest BCUT2D eigenvalue weighted by atomic mass is 35.5. The summed E-state index contributed by atoms with van der Waals surface area (Å²) in [5, 5.41) is 11.1. The van der Waals surface area contributed by atoms with Crippen LogP contribution >= 0.6 is 12.4 Å². The highest BCUT2D eigenvalue weighted by Gasteiger charge is 2.45. The van der Waals surface area contributed by atoms with Crippen molar-refractivity contribution in [1.29, 1.82) is 0 Å². The fraction of sp³-hybridized carbons (Fsp3) is 0.278. The van der Waals surface area contributed by atoms with Gasteiger partial charge in [0.25, 0.3) is 11.8 Å². The number of carboxylic acid groups (broad SMARTS) is 1. The van der Waals surface area contributed by atoms with Gasteiger partial charge in [-0.25, -0.2) is 22.4 Å². The second kappa shape index (κ2) is 17.0. The summed E-state index contributed by atoms with van der Waals surface area (Å²) >= 11 is 0. The van der Waals surface area contributed by atoms with Crippen LogP contribution in [0.2, 0.25) is 0 Å². The molecule has 0 unspecified atom stereocenters. The number of rotatable bonds is 6. The van der Waals surface area contributed by atoms with E-state index in [1.807, 2.05) is 0 Å². The lowest BCUT2D eigenvalue weighted by molar-refractivity contribution is -0.160. The van der Waals surface area contributed by atoms with Crippen molar-refractivity contribution in [2.75, 3.05) is 26.2 Å². The van der Waals surface area contributed by atoms with E-state index in [0.29, 0.717) is 33.6 Å². The number of nitrogens with zero attached hydrogens (tertiary/aromatic N) is 3. The minimum absolute atomic E-state index is 0. The summed E-state index contributed by atoms with van der Waals surface area (Å²) in [6, 6.07) is 13.9. The lowest BCUT2D eigenvalue weighted by Gasteiger charge is -2.37. The minimum Gasteiger partial charge on any atom is -0.478 e. The smallest absolute Gasteiger partial charge is 0.416 e. The van der Waals surface area contributed by atoms with Gasteiger partial charge in [0.1, 0.15) is 0 Å². The van der Waals surface area contributed by atoms with Crippen LogP contribution in [0.3, 0.4) is 0 Å². The lowest BCUT2D eigenvalue weighted by atomic mass is 10.0. The van der Waals surface area contributed by atoms with Crippen LogP contribution in [0, 0.1) is 13.8 Å². The fourth-order valence-corrected chi connectivity index (χ4v) is 5.10. The zero-order chi connectivity index (χ0) is 39.4. The Hall–Kier alpha value is -5.03. The van der Waals surface area contributed by atoms with Crippen LogP contribution in [0.15, 0.2) is 85.2 Å². The molecule has 0 saturated carbocycles. The van der Waals surface area contributed by atoms with Gasteiger partial charge in [-0.2, -0.15) is 26.3 Å². The van der Waals surface area contributed by atoms with Gasteiger partial charge in [0.15, 0.2) is 0 Å². The third kappa shape index (κ3) is 12.0. The summed E-state index contributed by atoms with van der Waals surface area (Å²) in [4.78, 5) is 23.4. The van der Waals surface area contributed by atoms with Crippen LogP contribution in [-0.4, -0.2) is 69.0 Å². The van der Waals surface area contributed by atoms with Crippen molar-refractivity contribution in [3.05, 3.63) is 107 Å². The Balaban J connectivity index is 0.000000251. The first-order chi connectivity index (χ1) is 24.5. The van der Waals surface area contributed by atoms with Crippen molar-refractivity contribution in [2.24, 2.45) is 0 Å². The minimum atomic E-state index is -4.47. The molecule has 0 bridgehead atoms. The number of aromatic nitrogens is 2. The van der Waals surface area contributed by atoms with Crippen LogP contribution in [0.5, 0.6) is 0 Å². The van der Waals surface area contributed by atoms with E-state index in [9.17, 15) is 53.5 Å². The molecule has 7 nitrogen and oxygen atoms in total. The standard InChI is InChI=1S/C18H15F5N2O.C15H12F3NO2.C3H5F2N.ClH/c1-12-7-13(9-14(8-12)18(21,22)23)15-3-2-5-24(15)6-4-16(26)25-10-17(19,20)11-25;1-10-7-11(9-12(8-10)15(16,17)18)13-3-2-5-19(13)6-4-14(20)21;4-3(5)1-6-2-3;/h2-9H,10-11H2,1H3;2-9H,1H3,(H,20,21);6H,1-2H2;1H/b2*6-4-;;. The Morgan fingerprint density at radius 2 is 1.11 bits per heavy atom. The maximum absolute atomic E-state index is 13.0. The monoisotopic (exact) mass is 794 g/mol. The summed E-state index contributed by atoms with van der Waals surface area (Å²) in [6.07, 6.45) is -1.06. The highest BCUT2D eigenvalue weighted by Crippen LogP contribution is 2.35. The molecule has 0 radical (unpaired) electrons. The van der Waals surface area contributed by atoms with Crippen molar-refractivity contribution < 1.29 is 58.6 Å². The predicted octanol–water partition coefficient (Wildman–Crippen LogP) is 9.11. The van der Waals surface area contributed by atoms with Gasteiger partial charge in [0, 0.05) is 36.9 Å². The number of amides is 1. The molecule has 2 aliphatic rings. The normalized spacial score (nSPS) is 16.0. The summed E-state index contributed by atoms with van der Waals surface area (Å²) in [5.41, 5.74) is 1.10. The number of carbonyl (C=O) groups is 2. The summed E-state index contributed by atoms with van der Waals surface area (Å²) in [5.74, 6) is -6.94. The molecule has 0 atom stereocenters. The van der Waals surface area contributed by atoms with Gasteiger partial charge in [0.05, 0.1) is 48.7 Å². The molecule has 18 heteroatoms. The largest absolute Gasteiger partial charge is 0.478 e. The number of hydrogen-bond acceptors (Lipinski definition) is 3. The fourth-order valence-electron chi connectivity index (χ4n) is 5.10. The van der Waals surface area contributed by atoms with Gasteiger partial charge in [0.2, 0.25) is 5.91 Å². The molecule has 2 fully saturated rings. The number of aliphatic carboxylic acids is 1. The molecular formula is C36H33ClF10N4O3. The molecule has 1 amide bonds. The van der Waals surface area contributed by atoms with Gasteiger partial charge in [-0.1, -0.05) is 0 Å². The third-order valence-electron chi connectivity index (χ3n) is 7.64. The molecular weight excluding hydrogens is 762 g/mol. The number of carbonyl (C=O) groups excluding carboxylic acids is 1. The quantitative estimate of drug-likeness (QED) is 0.151. The molecule has 2 aromatic heterocycles. The third-order valence-corrected chi connectivity index (χ3v) is 7.64. The average Bonchev–Trinajstić information content (AvgIpc) is 3.70. The summed E-state index contributed by atoms with van der Waals surface area (Å²) in [7, 11) is 0. The van der Waals surface area contributed by atoms with Gasteiger partial charge < -0.3 is 24.5 Å². The van der Waals surface area contributed by atoms with Crippen LogP contribution in [0.1, 0.15) is 22.3 Å². The van der Waals surface area contributed by atoms with E-state index in [1.165, 1.54) is 21.5 Å². The molecule has 2 aliphatic heterocycles. The Morgan fingerprint density at radius 3 is 1.44 bits per heavy atom. The van der Waals surface area contributed by atoms with Crippen LogP contribution in [0.4, 0.5) is 43.9 Å². The second-order valence-corrected chi connectivity index (χ2v) is 12.3. The van der Waals surface area contributed by atoms with Crippen molar-refractivity contribution in [3.63, 3.8) is 0 Å². The van der Waals surface area contributed by atoms with E-state index in [-0.39, 0.29) is 25.5 Å². The Labute approximate surface area is 308 Å². The molecule has 2 aromatic carbocycles. The number of halogens is 11. The summed E-state index contributed by atoms with van der Waals surface area (Å²) < 4.78 is 129. The van der Waals surface area contributed by atoms with E-state index in [1.54, 1.807) is 62.6 Å². The van der Waals surface area contributed by atoms with E-state index < -0.39 is 60.3 Å². The number of likely N-dealkylation sites (tertiary alicyclic amines) is 1. The first-order valence-corrected chi connectivity index (χ1v) is 15.6. The van der Waals surface area contributed by atoms with E-state index in [4.69, 9.17) is 5.11 Å². The Kier molecular flexibility index (Phi) is 13.6. The molecule has 0 spiro atoms. The summed E-state index contributed by atoms with van der Waals surface area (Å²) in [6.45, 7) is 1.64. The van der Waals surface area contributed by atoms with Crippen LogP contribution in [0.25, 0.3) is 34.9 Å². The van der Waals surface area contributed by atoms with Crippen LogP contribution in [-0.2, 0) is 21.9 Å². The molecule has 4 aromatic rings. The number of carboxylic acids is 1. The molecule has 2 N–H and O–H groups in total. The van der Waals surface area contributed by atoms with Gasteiger partial charge in [-0.15, -0.1) is 12.4 Å². The molecule has 4 heterocycles. The second-order valence-electron chi connectivity index (χ2n) is 12.3. The average molecular weight is 795 g/mol. The SMILES string of the molecule is Cc1cc(-c2cccn2/C=C\C(=O)N2CC(F)(F)C2)cc(C(F)(F)F)c1.Cc1cc(-c2cccn2/C=C\C(=O)O)cc(C(F)(F)F)c1.Cl.FC1(F)CNC1. The Morgan fingerprint density at radius 1 is 0.704 bits per heavy atom. The van der Waals surface area contributed by atoms with E-state index in [0.717, 1.165) is 41.3 Å². The van der Waals surface area contributed by atoms with Gasteiger partial charge in [-0.05, 0) is 96.8 Å². The first kappa shape index (κ1) is 43.4. The van der Waals surface area contributed by atoms with Crippen LogP contribution < -0.4 is 5.32 Å². The highest BCUT2D eigenvalue weighted by molar-refractivity contribution is 5.91. The van der Waals surface area contributed by atoms with Crippen molar-refractivity contribution in [2.45, 2.75) is 38.0 Å². The van der Waals surface area contributed by atoms with Gasteiger partial charge >= 0.3 is 18.3 Å². The van der Waals surface area contributed by atoms with Crippen molar-refractivity contribution in [1.82, 2.24) is 19.4 Å². The zero-order valence-corrected chi connectivity index (χ0v) is 29.2. The maximum atomic E-state index is 13.0. The number of alkyl halides is 10. The number of benzene rings is 2. The lowest BCUT2D eigenvalue weighted by Crippen LogP contribution is -2.58. The molecule has 0 aliphatic carbocycles. The first-order valence-electron chi connectivity index (χ1n) is 15.6. The number of hydrogen-bond donors (Lipinski definition) is 2. The number of nitrogens with one attached hydrogen (secondary N) is 1. The van der Waals surface area contributed by atoms with Gasteiger partial charge in [-0.3, -0.25) is 4.79 Å². The number of aryl methyl sites for hydroxylation is 2. The predicted molar refractivity (Wildman–Crippen MR) is 184 cm³/mol. The topological polar surface area (TPSA) is 79.5 Å².